The second-order valence-corrected chi connectivity index (χ2v) is 5.57. The van der Waals surface area contributed by atoms with Gasteiger partial charge in [-0.2, -0.15) is 4.98 Å². The second-order valence-electron chi connectivity index (χ2n) is 5.57. The van der Waals surface area contributed by atoms with Crippen molar-refractivity contribution in [1.82, 2.24) is 9.55 Å². The molecule has 0 saturated carbocycles. The molecule has 0 radical (unpaired) electrons. The van der Waals surface area contributed by atoms with Crippen molar-refractivity contribution in [2.75, 3.05) is 5.32 Å². The lowest BCUT2D eigenvalue weighted by Gasteiger charge is -2.09. The highest BCUT2D eigenvalue weighted by atomic mass is 16.4. The zero-order chi connectivity index (χ0) is 17.5. The summed E-state index contributed by atoms with van der Waals surface area (Å²) in [4.78, 5) is 20.4. The van der Waals surface area contributed by atoms with E-state index in [2.05, 4.69) is 22.0 Å². The summed E-state index contributed by atoms with van der Waals surface area (Å²) in [5.74, 6) is -0.0239. The summed E-state index contributed by atoms with van der Waals surface area (Å²) in [6, 6.07) is 3.79. The summed E-state index contributed by atoms with van der Waals surface area (Å²) in [6.07, 6.45) is 8.86. The van der Waals surface area contributed by atoms with E-state index in [9.17, 15) is 4.79 Å². The van der Waals surface area contributed by atoms with Crippen molar-refractivity contribution in [2.24, 2.45) is 4.99 Å². The number of carbonyl (C=O) groups is 1. The monoisotopic (exact) mass is 326 g/mol. The first-order chi connectivity index (χ1) is 11.5. The summed E-state index contributed by atoms with van der Waals surface area (Å²) in [7, 11) is 0. The smallest absolute Gasteiger partial charge is 0.301 e. The molecule has 0 saturated heterocycles. The lowest BCUT2D eigenvalue weighted by Crippen LogP contribution is -2.17. The molecule has 2 heterocycles. The minimum Gasteiger partial charge on any atom is -0.432 e. The van der Waals surface area contributed by atoms with Crippen LogP contribution in [0.5, 0.6) is 0 Å². The van der Waals surface area contributed by atoms with Gasteiger partial charge in [-0.1, -0.05) is 19.9 Å². The third-order valence-corrected chi connectivity index (χ3v) is 3.51. The number of oxazole rings is 1. The van der Waals surface area contributed by atoms with Crippen molar-refractivity contribution in [1.29, 1.82) is 0 Å². The molecule has 2 rings (SSSR count). The summed E-state index contributed by atoms with van der Waals surface area (Å²) in [5.41, 5.74) is 2.35. The Morgan fingerprint density at radius 2 is 2.33 bits per heavy atom. The normalized spacial score (nSPS) is 12.1. The van der Waals surface area contributed by atoms with Gasteiger partial charge >= 0.3 is 6.01 Å². The zero-order valence-corrected chi connectivity index (χ0v) is 14.2. The van der Waals surface area contributed by atoms with Crippen LogP contribution in [0.25, 0.3) is 0 Å². The van der Waals surface area contributed by atoms with Crippen LogP contribution in [0.2, 0.25) is 0 Å². The maximum absolute atomic E-state index is 12.5. The molecule has 0 fully saturated rings. The van der Waals surface area contributed by atoms with Crippen LogP contribution >= 0.6 is 0 Å². The first kappa shape index (κ1) is 17.5. The predicted octanol–water partition coefficient (Wildman–Crippen LogP) is 4.01. The van der Waals surface area contributed by atoms with Crippen molar-refractivity contribution in [3.8, 4) is 0 Å². The molecule has 0 atom stereocenters. The number of nitrogens with one attached hydrogen (secondary N) is 1. The Kier molecular flexibility index (Phi) is 5.89. The third-order valence-electron chi connectivity index (χ3n) is 3.51. The molecule has 0 unspecified atom stereocenters. The fourth-order valence-corrected chi connectivity index (χ4v) is 2.11. The largest absolute Gasteiger partial charge is 0.432 e. The van der Waals surface area contributed by atoms with Crippen LogP contribution < -0.4 is 5.32 Å². The van der Waals surface area contributed by atoms with Gasteiger partial charge in [0.25, 0.3) is 5.91 Å². The topological polar surface area (TPSA) is 72.4 Å². The second kappa shape index (κ2) is 8.10. The quantitative estimate of drug-likeness (QED) is 0.617. The number of aliphatic imine (C=N–C) groups is 1. The number of hydrogen-bond acceptors (Lipinski definition) is 4. The number of carbonyl (C=O) groups excluding carboxylic acids is 1. The van der Waals surface area contributed by atoms with E-state index >= 15 is 0 Å². The van der Waals surface area contributed by atoms with Gasteiger partial charge in [0.1, 0.15) is 12.0 Å². The number of anilines is 1. The number of nitrogens with zero attached hydrogens (tertiary/aromatic N) is 3. The van der Waals surface area contributed by atoms with E-state index in [1.165, 1.54) is 0 Å². The standard InChI is InChI=1S/C18H22N4O2/c1-5-14(8-9-19-4)11-22-10-6-7-16(22)17(23)21-18-20-15(12-24-18)13(2)3/h5-10,12-13H,4,11H2,1-3H3,(H,20,21,23)/b9-8-,14-5+. The van der Waals surface area contributed by atoms with E-state index in [0.29, 0.717) is 12.2 Å². The molecule has 1 amide bonds. The Morgan fingerprint density at radius 3 is 2.96 bits per heavy atom. The predicted molar refractivity (Wildman–Crippen MR) is 95.4 cm³/mol. The van der Waals surface area contributed by atoms with Gasteiger partial charge in [-0.15, -0.1) is 0 Å². The lowest BCUT2D eigenvalue weighted by molar-refractivity contribution is 0.101. The molecule has 0 spiro atoms. The highest BCUT2D eigenvalue weighted by Crippen LogP contribution is 2.17. The first-order valence-electron chi connectivity index (χ1n) is 7.74. The molecule has 0 bridgehead atoms. The van der Waals surface area contributed by atoms with Gasteiger partial charge in [0.15, 0.2) is 0 Å². The van der Waals surface area contributed by atoms with Crippen LogP contribution in [0.3, 0.4) is 0 Å². The van der Waals surface area contributed by atoms with Gasteiger partial charge in [0.05, 0.1) is 5.69 Å². The third kappa shape index (κ3) is 4.32. The molecule has 6 nitrogen and oxygen atoms in total. The molecule has 1 N–H and O–H groups in total. The van der Waals surface area contributed by atoms with Crippen LogP contribution in [0.1, 0.15) is 42.9 Å². The van der Waals surface area contributed by atoms with Crippen molar-refractivity contribution in [3.05, 3.63) is 59.9 Å². The van der Waals surface area contributed by atoms with E-state index in [4.69, 9.17) is 4.42 Å². The maximum Gasteiger partial charge on any atom is 0.301 e. The molecule has 0 aliphatic carbocycles. The molecular formula is C18H22N4O2. The molecule has 2 aromatic rings. The number of amides is 1. The minimum atomic E-state index is -0.265. The van der Waals surface area contributed by atoms with Gasteiger partial charge in [0, 0.05) is 18.9 Å². The summed E-state index contributed by atoms with van der Waals surface area (Å²) in [5, 5.41) is 2.69. The highest BCUT2D eigenvalue weighted by Gasteiger charge is 2.15. The molecule has 2 aromatic heterocycles. The van der Waals surface area contributed by atoms with Crippen LogP contribution in [0.4, 0.5) is 6.01 Å². The van der Waals surface area contributed by atoms with Crippen molar-refractivity contribution >= 4 is 18.6 Å². The molecule has 126 valence electrons. The van der Waals surface area contributed by atoms with Gasteiger partial charge in [-0.05, 0) is 43.3 Å². The molecule has 0 aromatic carbocycles. The fraction of sp³-hybridized carbons (Fsp3) is 0.278. The van der Waals surface area contributed by atoms with Crippen LogP contribution in [0, 0.1) is 0 Å². The van der Waals surface area contributed by atoms with E-state index in [-0.39, 0.29) is 17.8 Å². The van der Waals surface area contributed by atoms with Gasteiger partial charge in [-0.25, -0.2) is 0 Å². The van der Waals surface area contributed by atoms with Crippen LogP contribution in [-0.4, -0.2) is 22.2 Å². The van der Waals surface area contributed by atoms with E-state index in [1.54, 1.807) is 18.5 Å². The highest BCUT2D eigenvalue weighted by molar-refractivity contribution is 6.02. The Bertz CT molecular complexity index is 766. The number of rotatable bonds is 7. The van der Waals surface area contributed by atoms with Gasteiger partial charge in [-0.3, -0.25) is 15.1 Å². The number of aromatic nitrogens is 2. The average molecular weight is 326 g/mol. The fourth-order valence-electron chi connectivity index (χ4n) is 2.11. The Balaban J connectivity index is 2.12. The molecule has 6 heteroatoms. The Hall–Kier alpha value is -2.89. The van der Waals surface area contributed by atoms with Crippen LogP contribution in [0.15, 0.2) is 57.9 Å². The Morgan fingerprint density at radius 1 is 1.54 bits per heavy atom. The van der Waals surface area contributed by atoms with Crippen molar-refractivity contribution in [2.45, 2.75) is 33.2 Å². The summed E-state index contributed by atoms with van der Waals surface area (Å²) >= 11 is 0. The van der Waals surface area contributed by atoms with E-state index in [0.717, 1.165) is 11.3 Å². The molecule has 24 heavy (non-hydrogen) atoms. The van der Waals surface area contributed by atoms with Crippen molar-refractivity contribution in [3.63, 3.8) is 0 Å². The average Bonchev–Trinajstić information content (AvgIpc) is 3.20. The summed E-state index contributed by atoms with van der Waals surface area (Å²) in [6.45, 7) is 9.94. The summed E-state index contributed by atoms with van der Waals surface area (Å²) < 4.78 is 7.15. The first-order valence-corrected chi connectivity index (χ1v) is 7.74. The minimum absolute atomic E-state index is 0.207. The molecule has 0 aliphatic heterocycles. The molecular weight excluding hydrogens is 304 g/mol. The number of allylic oxidation sites excluding steroid dienone is 3. The number of hydrogen-bond donors (Lipinski definition) is 1. The van der Waals surface area contributed by atoms with E-state index < -0.39 is 0 Å². The lowest BCUT2D eigenvalue weighted by atomic mass is 10.2. The van der Waals surface area contributed by atoms with Crippen molar-refractivity contribution < 1.29 is 9.21 Å². The SMILES string of the molecule is C=N/C=C\C(=C/C)Cn1cccc1C(=O)Nc1nc(C(C)C)co1. The maximum atomic E-state index is 12.5. The van der Waals surface area contributed by atoms with Gasteiger partial charge < -0.3 is 8.98 Å². The molecule has 0 aliphatic rings. The zero-order valence-electron chi connectivity index (χ0n) is 14.2. The van der Waals surface area contributed by atoms with Crippen LogP contribution in [-0.2, 0) is 6.54 Å². The van der Waals surface area contributed by atoms with Gasteiger partial charge in [0.2, 0.25) is 0 Å². The Labute approximate surface area is 141 Å². The van der Waals surface area contributed by atoms with E-state index in [1.807, 2.05) is 49.8 Å².